The number of benzene rings is 2. The molecule has 0 N–H and O–H groups in total. The van der Waals surface area contributed by atoms with E-state index >= 15 is 0 Å². The molecule has 1 aliphatic heterocycles. The number of unbranched alkanes of at least 4 members (excludes halogenated alkanes) is 3. The molecule has 2 aromatic carbocycles. The highest BCUT2D eigenvalue weighted by atomic mass is 32.1. The van der Waals surface area contributed by atoms with E-state index in [9.17, 15) is 4.79 Å². The third-order valence-corrected chi connectivity index (χ3v) is 9.94. The Labute approximate surface area is 260 Å². The second-order valence-electron chi connectivity index (χ2n) is 12.0. The Hall–Kier alpha value is -3.35. The number of fused-ring (bicyclic) bond motifs is 2. The monoisotopic (exact) mass is 594 g/mol. The summed E-state index contributed by atoms with van der Waals surface area (Å²) in [7, 11) is 0. The fourth-order valence-electron chi connectivity index (χ4n) is 6.45. The number of nitrogens with zero attached hydrogens (tertiary/aromatic N) is 3. The van der Waals surface area contributed by atoms with Gasteiger partial charge >= 0.3 is 0 Å². The molecule has 2 aliphatic rings. The number of hydrogen-bond donors (Lipinski definition) is 0. The SMILES string of the molecule is C=C(CCCCC)C1=C[C]1C(C)n1c(=O)ccc2ccc(OCCCCN3CCN(c4cccc5sccc45)CC3)cc21. The largest absolute Gasteiger partial charge is 0.494 e. The molecule has 4 aromatic rings. The van der Waals surface area contributed by atoms with Gasteiger partial charge in [0.15, 0.2) is 0 Å². The molecular weight excluding hydrogens is 550 g/mol. The van der Waals surface area contributed by atoms with Crippen molar-refractivity contribution in [2.75, 3.05) is 44.2 Å². The number of piperazine rings is 1. The fourth-order valence-corrected chi connectivity index (χ4v) is 7.26. The number of ether oxygens (including phenoxy) is 1. The predicted octanol–water partition coefficient (Wildman–Crippen LogP) is 8.41. The zero-order valence-corrected chi connectivity index (χ0v) is 26.5. The Bertz CT molecular complexity index is 1660. The van der Waals surface area contributed by atoms with Crippen LogP contribution in [0.25, 0.3) is 21.0 Å². The maximum absolute atomic E-state index is 13.1. The lowest BCUT2D eigenvalue weighted by Gasteiger charge is -2.36. The average molecular weight is 595 g/mol. The lowest BCUT2D eigenvalue weighted by Crippen LogP contribution is -2.46. The number of rotatable bonds is 14. The van der Waals surface area contributed by atoms with Gasteiger partial charge in [0.2, 0.25) is 0 Å². The van der Waals surface area contributed by atoms with E-state index in [-0.39, 0.29) is 11.6 Å². The van der Waals surface area contributed by atoms with Crippen LogP contribution in [-0.2, 0) is 0 Å². The van der Waals surface area contributed by atoms with E-state index in [4.69, 9.17) is 4.74 Å². The van der Waals surface area contributed by atoms with Crippen LogP contribution in [0.4, 0.5) is 5.69 Å². The van der Waals surface area contributed by atoms with E-state index in [1.807, 2.05) is 34.1 Å². The second kappa shape index (κ2) is 13.5. The topological polar surface area (TPSA) is 37.7 Å². The highest BCUT2D eigenvalue weighted by Gasteiger charge is 2.34. The number of thiophene rings is 1. The summed E-state index contributed by atoms with van der Waals surface area (Å²) < 4.78 is 9.49. The minimum atomic E-state index is -0.0250. The predicted molar refractivity (Wildman–Crippen MR) is 183 cm³/mol. The molecule has 6 heteroatoms. The van der Waals surface area contributed by atoms with Crippen LogP contribution < -0.4 is 15.2 Å². The van der Waals surface area contributed by atoms with Gasteiger partial charge in [-0.1, -0.05) is 44.1 Å². The second-order valence-corrected chi connectivity index (χ2v) is 13.0. The summed E-state index contributed by atoms with van der Waals surface area (Å²) in [6.07, 6.45) is 8.97. The first-order valence-corrected chi connectivity index (χ1v) is 16.9. The van der Waals surface area contributed by atoms with Crippen LogP contribution in [0.15, 0.2) is 88.6 Å². The standard InChI is InChI=1S/C37H44N3O2S/c1-4-5-6-10-27(2)32-26-33(32)28(3)40-35-25-30(15-13-29(35)14-16-37(40)41)42-23-8-7-18-38-19-21-39(22-20-38)34-11-9-12-36-31(34)17-24-43-36/h9,11-17,24-26,28H,2,4-8,10,18-23H2,1,3H3. The van der Waals surface area contributed by atoms with Crippen molar-refractivity contribution in [3.63, 3.8) is 0 Å². The Morgan fingerprint density at radius 1 is 1.00 bits per heavy atom. The van der Waals surface area contributed by atoms with Crippen LogP contribution in [0, 0.1) is 5.92 Å². The molecule has 1 fully saturated rings. The Balaban J connectivity index is 0.985. The van der Waals surface area contributed by atoms with Crippen molar-refractivity contribution in [3.05, 3.63) is 100 Å². The van der Waals surface area contributed by atoms with E-state index in [2.05, 4.69) is 72.0 Å². The summed E-state index contributed by atoms with van der Waals surface area (Å²) >= 11 is 1.82. The summed E-state index contributed by atoms with van der Waals surface area (Å²) in [6, 6.07) is 18.6. The molecule has 1 aliphatic carbocycles. The summed E-state index contributed by atoms with van der Waals surface area (Å²) in [5.74, 6) is 2.06. The van der Waals surface area contributed by atoms with E-state index in [1.165, 1.54) is 52.1 Å². The normalized spacial score (nSPS) is 16.5. The molecule has 0 amide bonds. The molecule has 0 bridgehead atoms. The maximum atomic E-state index is 13.1. The summed E-state index contributed by atoms with van der Waals surface area (Å²) in [4.78, 5) is 18.2. The quantitative estimate of drug-likeness (QED) is 0.137. The van der Waals surface area contributed by atoms with Gasteiger partial charge in [-0.15, -0.1) is 11.3 Å². The maximum Gasteiger partial charge on any atom is 0.251 e. The molecule has 2 aromatic heterocycles. The summed E-state index contributed by atoms with van der Waals surface area (Å²) in [5, 5.41) is 4.63. The highest BCUT2D eigenvalue weighted by molar-refractivity contribution is 7.17. The molecule has 1 unspecified atom stereocenters. The fraction of sp³-hybridized carbons (Fsp3) is 0.405. The van der Waals surface area contributed by atoms with Gasteiger partial charge in [-0.05, 0) is 91.9 Å². The summed E-state index contributed by atoms with van der Waals surface area (Å²) in [5.41, 5.74) is 4.78. The molecule has 0 saturated carbocycles. The molecule has 43 heavy (non-hydrogen) atoms. The first kappa shape index (κ1) is 29.7. The summed E-state index contributed by atoms with van der Waals surface area (Å²) in [6.45, 7) is 14.8. The zero-order valence-electron chi connectivity index (χ0n) is 25.7. The Kier molecular flexibility index (Phi) is 9.34. The van der Waals surface area contributed by atoms with Crippen LogP contribution in [-0.4, -0.2) is 48.8 Å². The molecule has 6 rings (SSSR count). The molecule has 3 heterocycles. The van der Waals surface area contributed by atoms with Gasteiger partial charge in [0.1, 0.15) is 5.75 Å². The smallest absolute Gasteiger partial charge is 0.251 e. The molecule has 1 atom stereocenters. The lowest BCUT2D eigenvalue weighted by atomic mass is 10.0. The van der Waals surface area contributed by atoms with Gasteiger partial charge in [0.25, 0.3) is 5.56 Å². The number of hydrogen-bond acceptors (Lipinski definition) is 5. The molecule has 5 nitrogen and oxygen atoms in total. The van der Waals surface area contributed by atoms with Crippen LogP contribution in [0.3, 0.4) is 0 Å². The third-order valence-electron chi connectivity index (χ3n) is 9.06. The van der Waals surface area contributed by atoms with Gasteiger partial charge in [-0.2, -0.15) is 0 Å². The van der Waals surface area contributed by atoms with E-state index in [0.717, 1.165) is 68.6 Å². The van der Waals surface area contributed by atoms with Crippen molar-refractivity contribution >= 4 is 38.0 Å². The van der Waals surface area contributed by atoms with Gasteiger partial charge in [-0.3, -0.25) is 9.69 Å². The molecule has 225 valence electrons. The number of aromatic nitrogens is 1. The zero-order chi connectivity index (χ0) is 29.8. The van der Waals surface area contributed by atoms with Crippen molar-refractivity contribution in [2.45, 2.75) is 58.4 Å². The van der Waals surface area contributed by atoms with Gasteiger partial charge in [-0.25, -0.2) is 0 Å². The lowest BCUT2D eigenvalue weighted by molar-refractivity contribution is 0.239. The first-order valence-electron chi connectivity index (χ1n) is 16.0. The molecule has 1 saturated heterocycles. The number of anilines is 1. The van der Waals surface area contributed by atoms with Crippen molar-refractivity contribution in [2.24, 2.45) is 0 Å². The van der Waals surface area contributed by atoms with Gasteiger partial charge < -0.3 is 14.2 Å². The van der Waals surface area contributed by atoms with Gasteiger partial charge in [0.05, 0.1) is 12.1 Å². The number of allylic oxidation sites excluding steroid dienone is 3. The number of pyridine rings is 1. The Morgan fingerprint density at radius 3 is 2.67 bits per heavy atom. The first-order chi connectivity index (χ1) is 21.0. The molecular formula is C37H44N3O2S. The van der Waals surface area contributed by atoms with Crippen molar-refractivity contribution in [3.8, 4) is 5.75 Å². The van der Waals surface area contributed by atoms with E-state index in [0.29, 0.717) is 6.61 Å². The van der Waals surface area contributed by atoms with Crippen LogP contribution >= 0.6 is 11.3 Å². The van der Waals surface area contributed by atoms with Crippen molar-refractivity contribution in [1.82, 2.24) is 9.47 Å². The average Bonchev–Trinajstić information content (AvgIpc) is 3.69. The van der Waals surface area contributed by atoms with E-state index < -0.39 is 0 Å². The van der Waals surface area contributed by atoms with Crippen LogP contribution in [0.2, 0.25) is 0 Å². The minimum Gasteiger partial charge on any atom is -0.494 e. The minimum absolute atomic E-state index is 0.0213. The molecule has 1 radical (unpaired) electrons. The Morgan fingerprint density at radius 2 is 1.84 bits per heavy atom. The molecule has 0 spiro atoms. The van der Waals surface area contributed by atoms with Crippen molar-refractivity contribution in [1.29, 1.82) is 0 Å². The van der Waals surface area contributed by atoms with Crippen molar-refractivity contribution < 1.29 is 4.74 Å². The van der Waals surface area contributed by atoms with Crippen LogP contribution in [0.1, 0.15) is 58.4 Å². The van der Waals surface area contributed by atoms with E-state index in [1.54, 1.807) is 6.07 Å². The highest BCUT2D eigenvalue weighted by Crippen LogP contribution is 2.46. The van der Waals surface area contributed by atoms with Crippen LogP contribution in [0.5, 0.6) is 5.75 Å². The van der Waals surface area contributed by atoms with Gasteiger partial charge in [0, 0.05) is 66.0 Å². The third kappa shape index (κ3) is 6.76.